The first-order valence-electron chi connectivity index (χ1n) is 15.4. The Hall–Kier alpha value is -1.86. The van der Waals surface area contributed by atoms with Gasteiger partial charge < -0.3 is 95.0 Å². The van der Waals surface area contributed by atoms with E-state index in [9.17, 15) is 40.5 Å². The minimum atomic E-state index is -1.95. The lowest BCUT2D eigenvalue weighted by Gasteiger charge is -2.53. The fourth-order valence-electron chi connectivity index (χ4n) is 6.66. The number of nitrogens with one attached hydrogen (secondary N) is 2. The molecule has 266 valence electrons. The lowest BCUT2D eigenvalue weighted by Crippen LogP contribution is -2.72. The number of aliphatic hydroxyl groups excluding tert-OH is 6. The van der Waals surface area contributed by atoms with Crippen LogP contribution in [0.1, 0.15) is 19.3 Å². The van der Waals surface area contributed by atoms with Gasteiger partial charge in [-0.2, -0.15) is 0 Å². The van der Waals surface area contributed by atoms with E-state index in [-0.39, 0.29) is 25.3 Å². The molecule has 2 saturated heterocycles. The summed E-state index contributed by atoms with van der Waals surface area (Å²) in [4.78, 5) is 17.1. The first-order valence-corrected chi connectivity index (χ1v) is 15.4. The molecule has 20 heteroatoms. The highest BCUT2D eigenvalue weighted by molar-refractivity contribution is 5.90. The molecule has 0 aromatic carbocycles. The van der Waals surface area contributed by atoms with E-state index in [4.69, 9.17) is 48.6 Å². The van der Waals surface area contributed by atoms with Crippen LogP contribution in [0.25, 0.3) is 0 Å². The summed E-state index contributed by atoms with van der Waals surface area (Å²) in [7, 11) is 0. The fraction of sp³-hybridized carbons (Fsp3) is 0.923. The van der Waals surface area contributed by atoms with Crippen LogP contribution < -0.4 is 45.0 Å². The number of ether oxygens (including phenoxy) is 3. The molecule has 17 atom stereocenters. The standard InChI is InChI=1S/C26H51N9O11/c27-2-1-3-33-15-20(41)17(38)10(6-28)44-22(15)13-8(29)4-9(34-24(42)26(43)5-12(26)35-25(31)32)21(18(13)39)46-23-19(40)14(30)16(37)11(7-36)45-23/h8-23,33,36-41,43H,1-7,27-30H2,(H,34,42)(H4,31,32,35). The number of aliphatic imine (C=N–C) groups is 1. The van der Waals surface area contributed by atoms with Gasteiger partial charge >= 0.3 is 0 Å². The largest absolute Gasteiger partial charge is 0.394 e. The summed E-state index contributed by atoms with van der Waals surface area (Å²) in [5, 5.41) is 81.1. The Morgan fingerprint density at radius 1 is 0.978 bits per heavy atom. The highest BCUT2D eigenvalue weighted by Crippen LogP contribution is 2.41. The zero-order valence-electron chi connectivity index (χ0n) is 25.4. The third-order valence-electron chi connectivity index (χ3n) is 9.44. The third-order valence-corrected chi connectivity index (χ3v) is 9.44. The van der Waals surface area contributed by atoms with E-state index in [0.717, 1.165) is 0 Å². The highest BCUT2D eigenvalue weighted by atomic mass is 16.7. The number of hydrogen-bond acceptors (Lipinski definition) is 17. The average molecular weight is 666 g/mol. The maximum Gasteiger partial charge on any atom is 0.254 e. The van der Waals surface area contributed by atoms with Crippen molar-refractivity contribution in [3.05, 3.63) is 0 Å². The van der Waals surface area contributed by atoms with Crippen molar-refractivity contribution in [1.29, 1.82) is 0 Å². The summed E-state index contributed by atoms with van der Waals surface area (Å²) in [5.41, 5.74) is 32.9. The number of carbonyl (C=O) groups is 1. The summed E-state index contributed by atoms with van der Waals surface area (Å²) in [6, 6.07) is -5.21. The second-order valence-corrected chi connectivity index (χ2v) is 12.6. The maximum absolute atomic E-state index is 13.3. The lowest BCUT2D eigenvalue weighted by atomic mass is 9.71. The molecule has 2 saturated carbocycles. The van der Waals surface area contributed by atoms with Gasteiger partial charge in [-0.15, -0.1) is 0 Å². The Bertz CT molecular complexity index is 1060. The molecule has 0 aromatic heterocycles. The average Bonchev–Trinajstić information content (AvgIpc) is 3.66. The van der Waals surface area contributed by atoms with Gasteiger partial charge in [0.15, 0.2) is 17.9 Å². The Balaban J connectivity index is 1.65. The number of aliphatic hydroxyl groups is 7. The van der Waals surface area contributed by atoms with Crippen LogP contribution in [-0.4, -0.2) is 171 Å². The smallest absolute Gasteiger partial charge is 0.254 e. The van der Waals surface area contributed by atoms with Gasteiger partial charge in [-0.3, -0.25) is 4.79 Å². The Labute approximate surface area is 265 Å². The Morgan fingerprint density at radius 3 is 2.28 bits per heavy atom. The SMILES string of the molecule is NCCCNC1C(O)C(O)C(CN)OC1C1C(N)CC(NC(=O)C2(O)CC2N=C(N)N)C(OC2OC(CO)C(O)C(N)C2O)C1O. The van der Waals surface area contributed by atoms with E-state index in [2.05, 4.69) is 15.6 Å². The topological polar surface area (TPSA) is 379 Å². The molecule has 0 bridgehead atoms. The molecule has 2 aliphatic heterocycles. The van der Waals surface area contributed by atoms with E-state index >= 15 is 0 Å². The zero-order valence-corrected chi connectivity index (χ0v) is 25.4. The van der Waals surface area contributed by atoms with Crippen molar-refractivity contribution in [2.45, 2.75) is 116 Å². The molecule has 20 nitrogen and oxygen atoms in total. The maximum atomic E-state index is 13.3. The predicted molar refractivity (Wildman–Crippen MR) is 159 cm³/mol. The quantitative estimate of drug-likeness (QED) is 0.0522. The van der Waals surface area contributed by atoms with Crippen LogP contribution in [0.3, 0.4) is 0 Å². The van der Waals surface area contributed by atoms with E-state index < -0.39 is 115 Å². The number of amides is 1. The molecule has 0 spiro atoms. The molecular formula is C26H51N9O11. The number of nitrogens with two attached hydrogens (primary N) is 6. The second-order valence-electron chi connectivity index (χ2n) is 12.6. The molecule has 46 heavy (non-hydrogen) atoms. The minimum absolute atomic E-state index is 0.0751. The van der Waals surface area contributed by atoms with Crippen LogP contribution in [0.2, 0.25) is 0 Å². The second kappa shape index (κ2) is 15.1. The molecule has 21 N–H and O–H groups in total. The fourth-order valence-corrected chi connectivity index (χ4v) is 6.66. The summed E-state index contributed by atoms with van der Waals surface area (Å²) in [5.74, 6) is -2.23. The van der Waals surface area contributed by atoms with Crippen molar-refractivity contribution in [2.24, 2.45) is 45.3 Å². The number of nitrogens with zero attached hydrogens (tertiary/aromatic N) is 1. The van der Waals surface area contributed by atoms with E-state index in [1.54, 1.807) is 0 Å². The van der Waals surface area contributed by atoms with Crippen LogP contribution in [0.4, 0.5) is 0 Å². The molecular weight excluding hydrogens is 614 g/mol. The van der Waals surface area contributed by atoms with Crippen LogP contribution in [0.15, 0.2) is 4.99 Å². The number of carbonyl (C=O) groups excluding carboxylic acids is 1. The van der Waals surface area contributed by atoms with Crippen molar-refractivity contribution in [2.75, 3.05) is 26.2 Å². The van der Waals surface area contributed by atoms with Crippen molar-refractivity contribution in [1.82, 2.24) is 10.6 Å². The zero-order chi connectivity index (χ0) is 34.1. The van der Waals surface area contributed by atoms with Gasteiger partial charge in [0.1, 0.15) is 36.6 Å². The first kappa shape index (κ1) is 37.0. The predicted octanol–water partition coefficient (Wildman–Crippen LogP) is -9.14. The molecule has 4 rings (SSSR count). The molecule has 0 aromatic rings. The van der Waals surface area contributed by atoms with Crippen LogP contribution >= 0.6 is 0 Å². The van der Waals surface area contributed by atoms with Gasteiger partial charge in [0.05, 0.1) is 49.1 Å². The first-order chi connectivity index (χ1) is 21.7. The summed E-state index contributed by atoms with van der Waals surface area (Å²) in [6.07, 6.45) is -13.4. The highest BCUT2D eigenvalue weighted by Gasteiger charge is 2.62. The minimum Gasteiger partial charge on any atom is -0.394 e. The van der Waals surface area contributed by atoms with E-state index in [1.165, 1.54) is 0 Å². The number of guanidine groups is 1. The molecule has 0 radical (unpaired) electrons. The Kier molecular flexibility index (Phi) is 12.2. The van der Waals surface area contributed by atoms with Crippen molar-refractivity contribution in [3.63, 3.8) is 0 Å². The summed E-state index contributed by atoms with van der Waals surface area (Å²) in [6.45, 7) is -0.172. The van der Waals surface area contributed by atoms with Crippen LogP contribution in [0, 0.1) is 5.92 Å². The van der Waals surface area contributed by atoms with Gasteiger partial charge in [0.25, 0.3) is 5.91 Å². The summed E-state index contributed by atoms with van der Waals surface area (Å²) >= 11 is 0. The molecule has 1 amide bonds. The van der Waals surface area contributed by atoms with Gasteiger partial charge in [-0.25, -0.2) is 4.99 Å². The van der Waals surface area contributed by atoms with E-state index in [1.807, 2.05) is 0 Å². The van der Waals surface area contributed by atoms with Crippen molar-refractivity contribution in [3.8, 4) is 0 Å². The number of rotatable bonds is 12. The molecule has 2 heterocycles. The summed E-state index contributed by atoms with van der Waals surface area (Å²) < 4.78 is 17.8. The van der Waals surface area contributed by atoms with Crippen molar-refractivity contribution < 1.29 is 54.8 Å². The third kappa shape index (κ3) is 7.41. The van der Waals surface area contributed by atoms with Gasteiger partial charge in [-0.1, -0.05) is 0 Å². The van der Waals surface area contributed by atoms with Gasteiger partial charge in [-0.05, 0) is 25.9 Å². The molecule has 4 fully saturated rings. The van der Waals surface area contributed by atoms with Crippen LogP contribution in [-0.2, 0) is 19.0 Å². The van der Waals surface area contributed by atoms with E-state index in [0.29, 0.717) is 19.5 Å². The van der Waals surface area contributed by atoms with Crippen LogP contribution in [0.5, 0.6) is 0 Å². The van der Waals surface area contributed by atoms with Crippen molar-refractivity contribution >= 4 is 11.9 Å². The monoisotopic (exact) mass is 665 g/mol. The normalized spacial score (nSPS) is 47.6. The molecule has 4 aliphatic rings. The van der Waals surface area contributed by atoms with Gasteiger partial charge in [0.2, 0.25) is 0 Å². The Morgan fingerprint density at radius 2 is 1.67 bits per heavy atom. The number of hydrogen-bond donors (Lipinski definition) is 15. The molecule has 17 unspecified atom stereocenters. The van der Waals surface area contributed by atoms with Gasteiger partial charge in [0, 0.05) is 24.9 Å². The molecule has 2 aliphatic carbocycles. The lowest BCUT2D eigenvalue weighted by molar-refractivity contribution is -0.307.